The highest BCUT2D eigenvalue weighted by Gasteiger charge is 2.20. The van der Waals surface area contributed by atoms with Crippen LogP contribution in [0.15, 0.2) is 0 Å². The first-order chi connectivity index (χ1) is 10.0. The van der Waals surface area contributed by atoms with E-state index < -0.39 is 0 Å². The summed E-state index contributed by atoms with van der Waals surface area (Å²) in [5.41, 5.74) is 0. The molecular weight excluding hydrogens is 264 g/mol. The Bertz CT molecular complexity index is 455. The fraction of sp³-hybridized carbons (Fsp3) is 0.800. The van der Waals surface area contributed by atoms with Crippen LogP contribution in [-0.4, -0.2) is 48.2 Å². The van der Waals surface area contributed by atoms with E-state index in [2.05, 4.69) is 57.9 Å². The molecule has 1 saturated heterocycles. The van der Waals surface area contributed by atoms with Gasteiger partial charge in [-0.05, 0) is 32.1 Å². The fourth-order valence-electron chi connectivity index (χ4n) is 2.72. The number of nitrogens with zero attached hydrogens (tertiary/aromatic N) is 5. The van der Waals surface area contributed by atoms with Crippen molar-refractivity contribution in [2.75, 3.05) is 42.3 Å². The Kier molecular flexibility index (Phi) is 5.20. The summed E-state index contributed by atoms with van der Waals surface area (Å²) in [4.78, 5) is 18.1. The minimum atomic E-state index is 0.406. The maximum Gasteiger partial charge on any atom is 0.231 e. The third-order valence-electron chi connectivity index (χ3n) is 4.01. The summed E-state index contributed by atoms with van der Waals surface area (Å²) in [5.74, 6) is 2.85. The van der Waals surface area contributed by atoms with Crippen molar-refractivity contribution in [2.24, 2.45) is 5.92 Å². The summed E-state index contributed by atoms with van der Waals surface area (Å²) in [7, 11) is 3.92. The normalized spacial score (nSPS) is 16.4. The van der Waals surface area contributed by atoms with E-state index in [0.29, 0.717) is 17.9 Å². The van der Waals surface area contributed by atoms with Gasteiger partial charge in [-0.3, -0.25) is 0 Å². The van der Waals surface area contributed by atoms with Crippen LogP contribution < -0.4 is 15.1 Å². The molecule has 0 bridgehead atoms. The minimum absolute atomic E-state index is 0.406. The zero-order valence-electron chi connectivity index (χ0n) is 13.9. The van der Waals surface area contributed by atoms with E-state index in [1.165, 1.54) is 12.8 Å². The van der Waals surface area contributed by atoms with Gasteiger partial charge in [0, 0.05) is 33.2 Å². The lowest BCUT2D eigenvalue weighted by Crippen LogP contribution is -2.32. The molecule has 6 nitrogen and oxygen atoms in total. The van der Waals surface area contributed by atoms with Crippen molar-refractivity contribution in [3.8, 4) is 0 Å². The van der Waals surface area contributed by atoms with Gasteiger partial charge < -0.3 is 15.1 Å². The highest BCUT2D eigenvalue weighted by Crippen LogP contribution is 2.22. The van der Waals surface area contributed by atoms with Crippen molar-refractivity contribution in [3.05, 3.63) is 0 Å². The molecule has 2 rings (SSSR count). The smallest absolute Gasteiger partial charge is 0.231 e. The van der Waals surface area contributed by atoms with E-state index in [1.54, 1.807) is 0 Å². The molecule has 1 N–H and O–H groups in total. The van der Waals surface area contributed by atoms with Crippen LogP contribution in [0.4, 0.5) is 17.8 Å². The van der Waals surface area contributed by atoms with Crippen LogP contribution >= 0.6 is 0 Å². The van der Waals surface area contributed by atoms with Crippen molar-refractivity contribution >= 4 is 17.8 Å². The molecule has 1 aliphatic heterocycles. The lowest BCUT2D eigenvalue weighted by molar-refractivity contribution is 0.499. The number of aromatic nitrogens is 3. The standard InChI is InChI=1S/C15H28N6/c1-11(2)10-12(3)20(5)14-17-13(16-4)18-15(19-14)21-8-6-7-9-21/h11-12H,6-10H2,1-5H3,(H,16,17,18,19). The van der Waals surface area contributed by atoms with Crippen molar-refractivity contribution in [1.29, 1.82) is 0 Å². The molecule has 0 radical (unpaired) electrons. The summed E-state index contributed by atoms with van der Waals surface area (Å²) in [6.07, 6.45) is 3.56. The van der Waals surface area contributed by atoms with Crippen molar-refractivity contribution < 1.29 is 0 Å². The quantitative estimate of drug-likeness (QED) is 0.869. The van der Waals surface area contributed by atoms with Crippen molar-refractivity contribution in [2.45, 2.75) is 46.1 Å². The predicted molar refractivity (Wildman–Crippen MR) is 88.1 cm³/mol. The van der Waals surface area contributed by atoms with Crippen molar-refractivity contribution in [3.63, 3.8) is 0 Å². The Labute approximate surface area is 128 Å². The second-order valence-electron chi connectivity index (χ2n) is 6.29. The first kappa shape index (κ1) is 15.8. The molecule has 0 aromatic carbocycles. The van der Waals surface area contributed by atoms with Crippen LogP contribution in [-0.2, 0) is 0 Å². The molecule has 0 spiro atoms. The van der Waals surface area contributed by atoms with Crippen LogP contribution in [0.3, 0.4) is 0 Å². The van der Waals surface area contributed by atoms with Gasteiger partial charge in [0.25, 0.3) is 0 Å². The van der Waals surface area contributed by atoms with E-state index in [1.807, 2.05) is 7.05 Å². The van der Waals surface area contributed by atoms with Gasteiger partial charge >= 0.3 is 0 Å². The Morgan fingerprint density at radius 3 is 2.38 bits per heavy atom. The average Bonchev–Trinajstić information content (AvgIpc) is 2.99. The fourth-order valence-corrected chi connectivity index (χ4v) is 2.72. The molecule has 1 aromatic heterocycles. The summed E-state index contributed by atoms with van der Waals surface area (Å²) in [6.45, 7) is 8.78. The van der Waals surface area contributed by atoms with Gasteiger partial charge in [0.1, 0.15) is 0 Å². The molecule has 1 unspecified atom stereocenters. The Morgan fingerprint density at radius 2 is 1.81 bits per heavy atom. The van der Waals surface area contributed by atoms with Crippen LogP contribution in [0.1, 0.15) is 40.0 Å². The third-order valence-corrected chi connectivity index (χ3v) is 4.01. The maximum absolute atomic E-state index is 4.68. The zero-order chi connectivity index (χ0) is 15.4. The topological polar surface area (TPSA) is 57.2 Å². The van der Waals surface area contributed by atoms with Gasteiger partial charge in [0.15, 0.2) is 0 Å². The molecule has 0 aliphatic carbocycles. The predicted octanol–water partition coefficient (Wildman–Crippen LogP) is 2.38. The molecule has 21 heavy (non-hydrogen) atoms. The summed E-state index contributed by atoms with van der Waals surface area (Å²) < 4.78 is 0. The van der Waals surface area contributed by atoms with Gasteiger partial charge in [-0.1, -0.05) is 13.8 Å². The van der Waals surface area contributed by atoms with Crippen molar-refractivity contribution in [1.82, 2.24) is 15.0 Å². The van der Waals surface area contributed by atoms with E-state index in [0.717, 1.165) is 31.4 Å². The van der Waals surface area contributed by atoms with Crippen LogP contribution in [0.25, 0.3) is 0 Å². The molecule has 118 valence electrons. The van der Waals surface area contributed by atoms with Gasteiger partial charge in [0.05, 0.1) is 0 Å². The van der Waals surface area contributed by atoms with Gasteiger partial charge in [-0.25, -0.2) is 0 Å². The second-order valence-corrected chi connectivity index (χ2v) is 6.29. The van der Waals surface area contributed by atoms with E-state index in [-0.39, 0.29) is 0 Å². The minimum Gasteiger partial charge on any atom is -0.357 e. The molecule has 0 amide bonds. The first-order valence-corrected chi connectivity index (χ1v) is 7.93. The highest BCUT2D eigenvalue weighted by molar-refractivity contribution is 5.45. The third kappa shape index (κ3) is 3.95. The van der Waals surface area contributed by atoms with Crippen LogP contribution in [0.2, 0.25) is 0 Å². The zero-order valence-corrected chi connectivity index (χ0v) is 13.9. The summed E-state index contributed by atoms with van der Waals surface area (Å²) in [5, 5.41) is 3.05. The maximum atomic E-state index is 4.68. The van der Waals surface area contributed by atoms with E-state index >= 15 is 0 Å². The molecule has 6 heteroatoms. The summed E-state index contributed by atoms with van der Waals surface area (Å²) >= 11 is 0. The number of nitrogens with one attached hydrogen (secondary N) is 1. The Morgan fingerprint density at radius 1 is 1.14 bits per heavy atom. The largest absolute Gasteiger partial charge is 0.357 e. The number of anilines is 3. The molecular formula is C15H28N6. The Balaban J connectivity index is 2.23. The average molecular weight is 292 g/mol. The highest BCUT2D eigenvalue weighted by atomic mass is 15.4. The molecule has 1 atom stereocenters. The monoisotopic (exact) mass is 292 g/mol. The molecule has 2 heterocycles. The lowest BCUT2D eigenvalue weighted by atomic mass is 10.0. The van der Waals surface area contributed by atoms with Gasteiger partial charge in [0.2, 0.25) is 17.8 Å². The number of rotatable bonds is 6. The SMILES string of the molecule is CNc1nc(N2CCCC2)nc(N(C)C(C)CC(C)C)n1. The van der Waals surface area contributed by atoms with Gasteiger partial charge in [-0.15, -0.1) is 0 Å². The van der Waals surface area contributed by atoms with E-state index in [4.69, 9.17) is 0 Å². The number of hydrogen-bond donors (Lipinski definition) is 1. The van der Waals surface area contributed by atoms with Gasteiger partial charge in [-0.2, -0.15) is 15.0 Å². The van der Waals surface area contributed by atoms with Crippen LogP contribution in [0, 0.1) is 5.92 Å². The van der Waals surface area contributed by atoms with E-state index in [9.17, 15) is 0 Å². The second kappa shape index (κ2) is 6.91. The molecule has 0 saturated carbocycles. The summed E-state index contributed by atoms with van der Waals surface area (Å²) in [6, 6.07) is 0.406. The molecule has 1 aliphatic rings. The lowest BCUT2D eigenvalue weighted by Gasteiger charge is -2.27. The Hall–Kier alpha value is -1.59. The molecule has 1 aromatic rings. The number of hydrogen-bond acceptors (Lipinski definition) is 6. The molecule has 1 fully saturated rings. The first-order valence-electron chi connectivity index (χ1n) is 7.93. The van der Waals surface area contributed by atoms with Crippen LogP contribution in [0.5, 0.6) is 0 Å².